The number of thiophene rings is 1. The third kappa shape index (κ3) is 5.00. The number of aliphatic hydroxyl groups excluding tert-OH is 1. The molecule has 1 unspecified atom stereocenters. The molecule has 0 aliphatic carbocycles. The molecule has 0 spiro atoms. The number of hydrogen-bond acceptors (Lipinski definition) is 4. The van der Waals surface area contributed by atoms with Crippen molar-refractivity contribution in [2.24, 2.45) is 0 Å². The van der Waals surface area contributed by atoms with Crippen LogP contribution in [0.2, 0.25) is 5.02 Å². The van der Waals surface area contributed by atoms with Crippen LogP contribution in [0.3, 0.4) is 0 Å². The number of nitrogens with one attached hydrogen (secondary N) is 1. The zero-order valence-corrected chi connectivity index (χ0v) is 13.7. The summed E-state index contributed by atoms with van der Waals surface area (Å²) in [4.78, 5) is 1.26. The molecule has 0 amide bonds. The lowest BCUT2D eigenvalue weighted by atomic mass is 10.2. The van der Waals surface area contributed by atoms with Crippen LogP contribution in [0.5, 0.6) is 5.75 Å². The van der Waals surface area contributed by atoms with Gasteiger partial charge >= 0.3 is 0 Å². The van der Waals surface area contributed by atoms with Crippen molar-refractivity contribution in [1.29, 1.82) is 0 Å². The Kier molecular flexibility index (Phi) is 6.06. The fraction of sp³-hybridized carbons (Fsp3) is 0.375. The largest absolute Gasteiger partial charge is 0.491 e. The number of hydrogen-bond donors (Lipinski definition) is 2. The Balaban J connectivity index is 1.74. The molecule has 0 aliphatic rings. The quantitative estimate of drug-likeness (QED) is 0.813. The lowest BCUT2D eigenvalue weighted by Gasteiger charge is -2.17. The summed E-state index contributed by atoms with van der Waals surface area (Å²) < 4.78 is 5.58. The van der Waals surface area contributed by atoms with Crippen LogP contribution in [0.1, 0.15) is 23.4 Å². The first-order chi connectivity index (χ1) is 10.1. The molecule has 1 aromatic heterocycles. The van der Waals surface area contributed by atoms with Crippen LogP contribution in [0, 0.1) is 6.92 Å². The first-order valence-corrected chi connectivity index (χ1v) is 8.16. The summed E-state index contributed by atoms with van der Waals surface area (Å²) in [6.07, 6.45) is -0.552. The summed E-state index contributed by atoms with van der Waals surface area (Å²) in [6, 6.07) is 9.83. The van der Waals surface area contributed by atoms with Crippen molar-refractivity contribution in [2.45, 2.75) is 26.0 Å². The molecule has 5 heteroatoms. The standard InChI is InChI=1S/C16H20ClNO2S/c1-11-8-14(5-6-15(11)17)20-10-13(19)9-18-12(2)16-4-3-7-21-16/h3-8,12-13,18-19H,9-10H2,1-2H3/t12-,13?/m0/s1. The highest BCUT2D eigenvalue weighted by Crippen LogP contribution is 2.21. The van der Waals surface area contributed by atoms with Crippen LogP contribution in [-0.2, 0) is 0 Å². The summed E-state index contributed by atoms with van der Waals surface area (Å²) in [6.45, 7) is 4.76. The monoisotopic (exact) mass is 325 g/mol. The first-order valence-electron chi connectivity index (χ1n) is 6.90. The van der Waals surface area contributed by atoms with E-state index in [2.05, 4.69) is 23.7 Å². The van der Waals surface area contributed by atoms with Gasteiger partial charge in [-0.1, -0.05) is 17.7 Å². The third-order valence-electron chi connectivity index (χ3n) is 3.20. The van der Waals surface area contributed by atoms with E-state index in [-0.39, 0.29) is 12.6 Å². The van der Waals surface area contributed by atoms with Gasteiger partial charge < -0.3 is 15.2 Å². The number of ether oxygens (including phenoxy) is 1. The minimum absolute atomic E-state index is 0.234. The normalized spacial score (nSPS) is 13.9. The minimum atomic E-state index is -0.552. The molecular formula is C16H20ClNO2S. The van der Waals surface area contributed by atoms with Crippen molar-refractivity contribution in [3.05, 3.63) is 51.2 Å². The van der Waals surface area contributed by atoms with E-state index in [1.165, 1.54) is 4.88 Å². The average Bonchev–Trinajstić information content (AvgIpc) is 3.00. The second-order valence-electron chi connectivity index (χ2n) is 5.02. The molecule has 1 heterocycles. The number of aliphatic hydroxyl groups is 1. The zero-order chi connectivity index (χ0) is 15.2. The maximum atomic E-state index is 9.97. The molecule has 0 aliphatic heterocycles. The van der Waals surface area contributed by atoms with E-state index in [9.17, 15) is 5.11 Å². The number of aryl methyl sites for hydroxylation is 1. The maximum Gasteiger partial charge on any atom is 0.119 e. The molecule has 0 saturated carbocycles. The van der Waals surface area contributed by atoms with Crippen LogP contribution < -0.4 is 10.1 Å². The second-order valence-corrected chi connectivity index (χ2v) is 6.41. The van der Waals surface area contributed by atoms with E-state index in [4.69, 9.17) is 16.3 Å². The highest BCUT2D eigenvalue weighted by atomic mass is 35.5. The summed E-state index contributed by atoms with van der Waals surface area (Å²) in [5.74, 6) is 0.724. The predicted octanol–water partition coefficient (Wildman–Crippen LogP) is 3.80. The van der Waals surface area contributed by atoms with Crippen molar-refractivity contribution in [3.63, 3.8) is 0 Å². The van der Waals surface area contributed by atoms with Gasteiger partial charge in [-0.05, 0) is 49.1 Å². The van der Waals surface area contributed by atoms with Gasteiger partial charge in [0.15, 0.2) is 0 Å². The number of halogens is 1. The molecule has 0 saturated heterocycles. The van der Waals surface area contributed by atoms with E-state index in [0.717, 1.165) is 11.3 Å². The Morgan fingerprint density at radius 2 is 2.19 bits per heavy atom. The predicted molar refractivity (Wildman–Crippen MR) is 88.4 cm³/mol. The van der Waals surface area contributed by atoms with E-state index >= 15 is 0 Å². The fourth-order valence-corrected chi connectivity index (χ4v) is 2.79. The van der Waals surface area contributed by atoms with Gasteiger partial charge in [0.05, 0.1) is 0 Å². The Morgan fingerprint density at radius 3 is 2.86 bits per heavy atom. The smallest absolute Gasteiger partial charge is 0.119 e. The van der Waals surface area contributed by atoms with Crippen LogP contribution in [-0.4, -0.2) is 24.4 Å². The fourth-order valence-electron chi connectivity index (χ4n) is 1.91. The average molecular weight is 326 g/mol. The van der Waals surface area contributed by atoms with E-state index in [0.29, 0.717) is 11.6 Å². The molecule has 2 aromatic rings. The molecule has 1 aromatic carbocycles. The van der Waals surface area contributed by atoms with Gasteiger partial charge in [0.1, 0.15) is 18.5 Å². The minimum Gasteiger partial charge on any atom is -0.491 e. The van der Waals surface area contributed by atoms with Crippen molar-refractivity contribution in [1.82, 2.24) is 5.32 Å². The molecule has 2 atom stereocenters. The molecule has 0 radical (unpaired) electrons. The molecule has 2 N–H and O–H groups in total. The molecule has 114 valence electrons. The zero-order valence-electron chi connectivity index (χ0n) is 12.2. The van der Waals surface area contributed by atoms with E-state index in [1.807, 2.05) is 25.1 Å². The Bertz CT molecular complexity index is 559. The lowest BCUT2D eigenvalue weighted by molar-refractivity contribution is 0.104. The first kappa shape index (κ1) is 16.3. The summed E-state index contributed by atoms with van der Waals surface area (Å²) >= 11 is 7.67. The van der Waals surface area contributed by atoms with Gasteiger partial charge in [-0.25, -0.2) is 0 Å². The van der Waals surface area contributed by atoms with Crippen molar-refractivity contribution < 1.29 is 9.84 Å². The van der Waals surface area contributed by atoms with Crippen molar-refractivity contribution in [2.75, 3.05) is 13.2 Å². The van der Waals surface area contributed by atoms with E-state index in [1.54, 1.807) is 17.4 Å². The SMILES string of the molecule is Cc1cc(OCC(O)CN[C@@H](C)c2cccs2)ccc1Cl. The summed E-state index contributed by atoms with van der Waals surface area (Å²) in [5, 5.41) is 16.0. The molecule has 3 nitrogen and oxygen atoms in total. The molecular weight excluding hydrogens is 306 g/mol. The van der Waals surface area contributed by atoms with Gasteiger partial charge in [0.25, 0.3) is 0 Å². The maximum absolute atomic E-state index is 9.97. The summed E-state index contributed by atoms with van der Waals surface area (Å²) in [7, 11) is 0. The van der Waals surface area contributed by atoms with Gasteiger partial charge in [-0.15, -0.1) is 11.3 Å². The molecule has 0 fully saturated rings. The van der Waals surface area contributed by atoms with Gasteiger partial charge in [0.2, 0.25) is 0 Å². The van der Waals surface area contributed by atoms with Crippen LogP contribution >= 0.6 is 22.9 Å². The molecule has 2 rings (SSSR count). The van der Waals surface area contributed by atoms with E-state index < -0.39 is 6.10 Å². The van der Waals surface area contributed by atoms with Crippen molar-refractivity contribution in [3.8, 4) is 5.75 Å². The Labute approximate surface area is 134 Å². The molecule has 21 heavy (non-hydrogen) atoms. The highest BCUT2D eigenvalue weighted by molar-refractivity contribution is 7.10. The van der Waals surface area contributed by atoms with Crippen LogP contribution in [0.15, 0.2) is 35.7 Å². The number of rotatable bonds is 7. The lowest BCUT2D eigenvalue weighted by Crippen LogP contribution is -2.32. The van der Waals surface area contributed by atoms with Gasteiger partial charge in [-0.2, -0.15) is 0 Å². The van der Waals surface area contributed by atoms with Gasteiger partial charge in [-0.3, -0.25) is 0 Å². The number of benzene rings is 1. The highest BCUT2D eigenvalue weighted by Gasteiger charge is 2.10. The molecule has 0 bridgehead atoms. The van der Waals surface area contributed by atoms with Crippen LogP contribution in [0.4, 0.5) is 0 Å². The van der Waals surface area contributed by atoms with Crippen molar-refractivity contribution >= 4 is 22.9 Å². The Hall–Kier alpha value is -1.07. The van der Waals surface area contributed by atoms with Gasteiger partial charge in [0, 0.05) is 22.5 Å². The summed E-state index contributed by atoms with van der Waals surface area (Å²) in [5.41, 5.74) is 0.966. The topological polar surface area (TPSA) is 41.5 Å². The third-order valence-corrected chi connectivity index (χ3v) is 4.68. The Morgan fingerprint density at radius 1 is 1.38 bits per heavy atom. The van der Waals surface area contributed by atoms with Crippen LogP contribution in [0.25, 0.3) is 0 Å². The second kappa shape index (κ2) is 7.80.